The number of nitrogens with zero attached hydrogens (tertiary/aromatic N) is 1. The maximum atomic E-state index is 6.05. The lowest BCUT2D eigenvalue weighted by molar-refractivity contribution is 0.216. The van der Waals surface area contributed by atoms with Crippen LogP contribution in [0.3, 0.4) is 0 Å². The van der Waals surface area contributed by atoms with Crippen molar-refractivity contribution in [1.29, 1.82) is 0 Å². The fraction of sp³-hybridized carbons (Fsp3) is 0.625. The van der Waals surface area contributed by atoms with Crippen LogP contribution in [0.1, 0.15) is 36.8 Å². The molecule has 0 saturated heterocycles. The zero-order valence-electron chi connectivity index (χ0n) is 11.7. The van der Waals surface area contributed by atoms with E-state index < -0.39 is 0 Å². The van der Waals surface area contributed by atoms with Gasteiger partial charge in [0, 0.05) is 19.1 Å². The van der Waals surface area contributed by atoms with E-state index in [2.05, 4.69) is 43.1 Å². The van der Waals surface area contributed by atoms with Gasteiger partial charge >= 0.3 is 0 Å². The Balaban J connectivity index is 1.82. The van der Waals surface area contributed by atoms with Crippen LogP contribution in [0.25, 0.3) is 0 Å². The molecule has 2 unspecified atom stereocenters. The summed E-state index contributed by atoms with van der Waals surface area (Å²) in [6.07, 6.45) is 5.09. The monoisotopic (exact) mass is 246 g/mol. The van der Waals surface area contributed by atoms with Crippen molar-refractivity contribution in [2.24, 2.45) is 11.7 Å². The third-order valence-electron chi connectivity index (χ3n) is 3.93. The molecule has 1 fully saturated rings. The van der Waals surface area contributed by atoms with Crippen molar-refractivity contribution in [1.82, 2.24) is 4.90 Å². The van der Waals surface area contributed by atoms with Crippen molar-refractivity contribution in [3.63, 3.8) is 0 Å². The van der Waals surface area contributed by atoms with Crippen molar-refractivity contribution >= 4 is 0 Å². The first-order chi connectivity index (χ1) is 8.63. The number of benzene rings is 1. The van der Waals surface area contributed by atoms with Crippen LogP contribution in [-0.2, 0) is 6.54 Å². The average molecular weight is 246 g/mol. The van der Waals surface area contributed by atoms with Gasteiger partial charge in [-0.2, -0.15) is 0 Å². The van der Waals surface area contributed by atoms with Crippen LogP contribution in [-0.4, -0.2) is 24.5 Å². The van der Waals surface area contributed by atoms with Gasteiger partial charge in [0.1, 0.15) is 0 Å². The smallest absolute Gasteiger partial charge is 0.0230 e. The van der Waals surface area contributed by atoms with Gasteiger partial charge in [-0.3, -0.25) is 0 Å². The predicted molar refractivity (Wildman–Crippen MR) is 77.4 cm³/mol. The molecule has 1 aliphatic carbocycles. The molecule has 0 aliphatic heterocycles. The highest BCUT2D eigenvalue weighted by atomic mass is 15.1. The first-order valence-corrected chi connectivity index (χ1v) is 7.13. The Hall–Kier alpha value is -0.860. The van der Waals surface area contributed by atoms with Crippen LogP contribution in [0, 0.1) is 12.8 Å². The molecular weight excluding hydrogens is 220 g/mol. The zero-order chi connectivity index (χ0) is 13.0. The third-order valence-corrected chi connectivity index (χ3v) is 3.93. The molecule has 2 heteroatoms. The Morgan fingerprint density at radius 2 is 2.17 bits per heavy atom. The molecule has 2 rings (SSSR count). The Morgan fingerprint density at radius 3 is 2.89 bits per heavy atom. The first-order valence-electron chi connectivity index (χ1n) is 7.13. The molecule has 0 radical (unpaired) electrons. The molecule has 0 heterocycles. The second-order valence-corrected chi connectivity index (χ2v) is 5.98. The van der Waals surface area contributed by atoms with Gasteiger partial charge in [0.05, 0.1) is 0 Å². The van der Waals surface area contributed by atoms with Gasteiger partial charge in [-0.05, 0) is 44.7 Å². The molecule has 100 valence electrons. The van der Waals surface area contributed by atoms with Crippen LogP contribution in [0.2, 0.25) is 0 Å². The molecule has 0 bridgehead atoms. The minimum atomic E-state index is 0.441. The highest BCUT2D eigenvalue weighted by Gasteiger charge is 2.20. The minimum Gasteiger partial charge on any atom is -0.328 e. The molecule has 2 atom stereocenters. The molecule has 18 heavy (non-hydrogen) atoms. The lowest BCUT2D eigenvalue weighted by atomic mass is 9.86. The van der Waals surface area contributed by atoms with Crippen LogP contribution in [0.5, 0.6) is 0 Å². The summed E-state index contributed by atoms with van der Waals surface area (Å²) in [7, 11) is 2.22. The van der Waals surface area contributed by atoms with E-state index in [-0.39, 0.29) is 0 Å². The summed E-state index contributed by atoms with van der Waals surface area (Å²) in [5.74, 6) is 0.795. The van der Waals surface area contributed by atoms with Crippen molar-refractivity contribution < 1.29 is 0 Å². The van der Waals surface area contributed by atoms with E-state index in [1.54, 1.807) is 0 Å². The van der Waals surface area contributed by atoms with Crippen molar-refractivity contribution in [2.45, 2.75) is 45.2 Å². The van der Waals surface area contributed by atoms with Gasteiger partial charge in [0.2, 0.25) is 0 Å². The molecule has 0 amide bonds. The summed E-state index contributed by atoms with van der Waals surface area (Å²) in [6, 6.07) is 9.24. The van der Waals surface area contributed by atoms with E-state index in [0.29, 0.717) is 6.04 Å². The number of aryl methyl sites for hydroxylation is 1. The third kappa shape index (κ3) is 4.11. The molecule has 0 aromatic heterocycles. The largest absolute Gasteiger partial charge is 0.328 e. The van der Waals surface area contributed by atoms with E-state index >= 15 is 0 Å². The average Bonchev–Trinajstić information content (AvgIpc) is 2.28. The van der Waals surface area contributed by atoms with Crippen LogP contribution in [0.15, 0.2) is 24.3 Å². The number of rotatable bonds is 4. The van der Waals surface area contributed by atoms with E-state index in [1.807, 2.05) is 0 Å². The van der Waals surface area contributed by atoms with E-state index in [9.17, 15) is 0 Å². The molecule has 0 spiro atoms. The highest BCUT2D eigenvalue weighted by molar-refractivity contribution is 5.21. The number of nitrogens with two attached hydrogens (primary N) is 1. The summed E-state index contributed by atoms with van der Waals surface area (Å²) in [6.45, 7) is 4.39. The van der Waals surface area contributed by atoms with Crippen LogP contribution >= 0.6 is 0 Å². The quantitative estimate of drug-likeness (QED) is 0.885. The van der Waals surface area contributed by atoms with E-state index in [1.165, 1.54) is 43.4 Å². The van der Waals surface area contributed by atoms with E-state index in [4.69, 9.17) is 5.73 Å². The molecule has 1 saturated carbocycles. The summed E-state index contributed by atoms with van der Waals surface area (Å²) in [5, 5.41) is 0. The standard InChI is InChI=1S/C16H26N2/c1-13-5-3-6-14(9-13)11-18(2)12-15-7-4-8-16(17)10-15/h3,5-6,9,15-16H,4,7-8,10-12,17H2,1-2H3. The Bertz CT molecular complexity index is 375. The molecule has 1 aliphatic rings. The Labute approximate surface area is 111 Å². The fourth-order valence-electron chi connectivity index (χ4n) is 3.13. The maximum Gasteiger partial charge on any atom is 0.0230 e. The van der Waals surface area contributed by atoms with Gasteiger partial charge in [-0.15, -0.1) is 0 Å². The van der Waals surface area contributed by atoms with E-state index in [0.717, 1.165) is 12.5 Å². The molecular formula is C16H26N2. The van der Waals surface area contributed by atoms with Gasteiger partial charge in [0.15, 0.2) is 0 Å². The SMILES string of the molecule is Cc1cccc(CN(C)CC2CCCC(N)C2)c1. The van der Waals surface area contributed by atoms with Gasteiger partial charge in [-0.1, -0.05) is 36.2 Å². The molecule has 2 N–H and O–H groups in total. The van der Waals surface area contributed by atoms with Crippen molar-refractivity contribution in [3.05, 3.63) is 35.4 Å². The predicted octanol–water partition coefficient (Wildman–Crippen LogP) is 2.94. The van der Waals surface area contributed by atoms with Gasteiger partial charge in [0.25, 0.3) is 0 Å². The second-order valence-electron chi connectivity index (χ2n) is 5.98. The molecule has 1 aromatic rings. The zero-order valence-corrected chi connectivity index (χ0v) is 11.7. The number of hydrogen-bond acceptors (Lipinski definition) is 2. The lowest BCUT2D eigenvalue weighted by Gasteiger charge is -2.30. The topological polar surface area (TPSA) is 29.3 Å². The number of hydrogen-bond donors (Lipinski definition) is 1. The minimum absolute atomic E-state index is 0.441. The fourth-order valence-corrected chi connectivity index (χ4v) is 3.13. The maximum absolute atomic E-state index is 6.05. The van der Waals surface area contributed by atoms with Crippen molar-refractivity contribution in [3.8, 4) is 0 Å². The van der Waals surface area contributed by atoms with Crippen molar-refractivity contribution in [2.75, 3.05) is 13.6 Å². The Kier molecular flexibility index (Phi) is 4.79. The molecule has 2 nitrogen and oxygen atoms in total. The first kappa shape index (κ1) is 13.6. The molecule has 1 aromatic carbocycles. The summed E-state index contributed by atoms with van der Waals surface area (Å²) >= 11 is 0. The highest BCUT2D eigenvalue weighted by Crippen LogP contribution is 2.24. The van der Waals surface area contributed by atoms with Gasteiger partial charge < -0.3 is 10.6 Å². The summed E-state index contributed by atoms with van der Waals surface area (Å²) in [5.41, 5.74) is 8.82. The summed E-state index contributed by atoms with van der Waals surface area (Å²) < 4.78 is 0. The normalized spacial score (nSPS) is 24.4. The van der Waals surface area contributed by atoms with Gasteiger partial charge in [-0.25, -0.2) is 0 Å². The summed E-state index contributed by atoms with van der Waals surface area (Å²) in [4.78, 5) is 2.44. The lowest BCUT2D eigenvalue weighted by Crippen LogP contribution is -2.34. The van der Waals surface area contributed by atoms with Crippen LogP contribution < -0.4 is 5.73 Å². The Morgan fingerprint density at radius 1 is 1.33 bits per heavy atom. The second kappa shape index (κ2) is 6.35. The van der Waals surface area contributed by atoms with Crippen LogP contribution in [0.4, 0.5) is 0 Å².